The van der Waals surface area contributed by atoms with Crippen molar-refractivity contribution in [2.75, 3.05) is 0 Å². The summed E-state index contributed by atoms with van der Waals surface area (Å²) in [6.07, 6.45) is 2.95. The van der Waals surface area contributed by atoms with Gasteiger partial charge in [-0.2, -0.15) is 4.73 Å². The topological polar surface area (TPSA) is 65.9 Å². The molecule has 21 heavy (non-hydrogen) atoms. The molecule has 0 amide bonds. The van der Waals surface area contributed by atoms with Crippen molar-refractivity contribution in [2.45, 2.75) is 10.1 Å². The Morgan fingerprint density at radius 3 is 2.81 bits per heavy atom. The molecule has 0 radical (unpaired) electrons. The number of para-hydroxylation sites is 1. The summed E-state index contributed by atoms with van der Waals surface area (Å²) in [5.74, 6) is 0. The Morgan fingerprint density at radius 2 is 1.90 bits per heavy atom. The van der Waals surface area contributed by atoms with Gasteiger partial charge in [-0.3, -0.25) is 0 Å². The van der Waals surface area contributed by atoms with Gasteiger partial charge >= 0.3 is 0 Å². The zero-order valence-corrected chi connectivity index (χ0v) is 11.6. The summed E-state index contributed by atoms with van der Waals surface area (Å²) in [6.45, 7) is 0. The summed E-state index contributed by atoms with van der Waals surface area (Å²) in [7, 11) is 0. The third-order valence-electron chi connectivity index (χ3n) is 3.12. The summed E-state index contributed by atoms with van der Waals surface area (Å²) < 4.78 is 6.65. The fourth-order valence-corrected chi connectivity index (χ4v) is 2.99. The summed E-state index contributed by atoms with van der Waals surface area (Å²) in [4.78, 5) is 8.54. The number of aromatic nitrogens is 3. The third-order valence-corrected chi connectivity index (χ3v) is 4.12. The van der Waals surface area contributed by atoms with E-state index in [0.29, 0.717) is 15.6 Å². The van der Waals surface area contributed by atoms with Crippen LogP contribution in [0.5, 0.6) is 0 Å². The summed E-state index contributed by atoms with van der Waals surface area (Å²) in [5, 5.41) is 13.9. The van der Waals surface area contributed by atoms with Crippen molar-refractivity contribution >= 4 is 33.8 Å². The van der Waals surface area contributed by atoms with E-state index in [4.69, 9.17) is 4.42 Å². The number of furan rings is 1. The van der Waals surface area contributed by atoms with Gasteiger partial charge in [-0.15, -0.1) is 0 Å². The Kier molecular flexibility index (Phi) is 2.75. The van der Waals surface area contributed by atoms with E-state index in [-0.39, 0.29) is 0 Å². The number of nitrogens with zero attached hydrogens (tertiary/aromatic N) is 3. The van der Waals surface area contributed by atoms with Gasteiger partial charge in [-0.1, -0.05) is 12.1 Å². The second-order valence-corrected chi connectivity index (χ2v) is 5.43. The molecular weight excluding hydrogens is 286 g/mol. The van der Waals surface area contributed by atoms with Crippen molar-refractivity contribution in [1.82, 2.24) is 9.97 Å². The fourth-order valence-electron chi connectivity index (χ4n) is 2.17. The SMILES string of the molecule is [O-][n+]1ccccc1Sc1ncnc2c1oc1ccccc12. The van der Waals surface area contributed by atoms with Crippen molar-refractivity contribution in [3.8, 4) is 0 Å². The first kappa shape index (κ1) is 12.2. The van der Waals surface area contributed by atoms with E-state index >= 15 is 0 Å². The fraction of sp³-hybridized carbons (Fsp3) is 0. The first-order valence-corrected chi connectivity index (χ1v) is 7.13. The van der Waals surface area contributed by atoms with Crippen LogP contribution in [0, 0.1) is 5.21 Å². The predicted molar refractivity (Wildman–Crippen MR) is 78.8 cm³/mol. The molecule has 4 rings (SSSR count). The van der Waals surface area contributed by atoms with Crippen LogP contribution in [0.1, 0.15) is 0 Å². The molecule has 0 bridgehead atoms. The quantitative estimate of drug-likeness (QED) is 0.323. The highest BCUT2D eigenvalue weighted by molar-refractivity contribution is 7.99. The number of pyridine rings is 1. The average molecular weight is 295 g/mol. The van der Waals surface area contributed by atoms with Gasteiger partial charge in [-0.05, 0) is 18.2 Å². The molecule has 5 nitrogen and oxygen atoms in total. The highest BCUT2D eigenvalue weighted by Gasteiger charge is 2.16. The second kappa shape index (κ2) is 4.75. The molecule has 4 aromatic rings. The Morgan fingerprint density at radius 1 is 1.05 bits per heavy atom. The van der Waals surface area contributed by atoms with E-state index < -0.39 is 0 Å². The lowest BCUT2D eigenvalue weighted by Gasteiger charge is -2.02. The normalized spacial score (nSPS) is 11.2. The molecule has 102 valence electrons. The van der Waals surface area contributed by atoms with Crippen molar-refractivity contribution in [3.05, 3.63) is 60.2 Å². The van der Waals surface area contributed by atoms with Gasteiger partial charge in [-0.25, -0.2) is 9.97 Å². The van der Waals surface area contributed by atoms with E-state index in [1.807, 2.05) is 30.3 Å². The van der Waals surface area contributed by atoms with Crippen LogP contribution in [-0.2, 0) is 0 Å². The molecule has 0 unspecified atom stereocenters. The van der Waals surface area contributed by atoms with Gasteiger partial charge in [0.05, 0.1) is 0 Å². The molecule has 3 heterocycles. The molecule has 0 aliphatic heterocycles. The zero-order valence-electron chi connectivity index (χ0n) is 10.8. The molecule has 6 heteroatoms. The Hall–Kier alpha value is -2.60. The van der Waals surface area contributed by atoms with E-state index in [9.17, 15) is 5.21 Å². The average Bonchev–Trinajstić information content (AvgIpc) is 2.89. The van der Waals surface area contributed by atoms with E-state index in [1.165, 1.54) is 24.3 Å². The molecule has 0 aliphatic rings. The van der Waals surface area contributed by atoms with Crippen LogP contribution in [0.3, 0.4) is 0 Å². The summed E-state index contributed by atoms with van der Waals surface area (Å²) in [6, 6.07) is 12.9. The first-order valence-electron chi connectivity index (χ1n) is 6.31. The highest BCUT2D eigenvalue weighted by atomic mass is 32.2. The Bertz CT molecular complexity index is 952. The van der Waals surface area contributed by atoms with E-state index in [2.05, 4.69) is 9.97 Å². The lowest BCUT2D eigenvalue weighted by Crippen LogP contribution is -2.27. The number of hydrogen-bond acceptors (Lipinski definition) is 5. The Labute approximate surface area is 123 Å². The van der Waals surface area contributed by atoms with Crippen molar-refractivity contribution in [1.29, 1.82) is 0 Å². The highest BCUT2D eigenvalue weighted by Crippen LogP contribution is 2.34. The smallest absolute Gasteiger partial charge is 0.257 e. The minimum absolute atomic E-state index is 0.540. The molecule has 0 atom stereocenters. The van der Waals surface area contributed by atoms with Crippen molar-refractivity contribution in [3.63, 3.8) is 0 Å². The molecule has 0 saturated carbocycles. The maximum atomic E-state index is 11.8. The lowest BCUT2D eigenvalue weighted by molar-refractivity contribution is -0.645. The van der Waals surface area contributed by atoms with E-state index in [1.54, 1.807) is 12.1 Å². The maximum Gasteiger partial charge on any atom is 0.257 e. The number of benzene rings is 1. The molecule has 0 spiro atoms. The summed E-state index contributed by atoms with van der Waals surface area (Å²) in [5.41, 5.74) is 2.13. The summed E-state index contributed by atoms with van der Waals surface area (Å²) >= 11 is 1.26. The molecule has 1 aromatic carbocycles. The minimum Gasteiger partial charge on any atom is -0.618 e. The van der Waals surface area contributed by atoms with Crippen LogP contribution in [0.15, 0.2) is 69.5 Å². The zero-order chi connectivity index (χ0) is 14.2. The Balaban J connectivity index is 1.91. The van der Waals surface area contributed by atoms with Crippen LogP contribution in [0.25, 0.3) is 22.1 Å². The van der Waals surface area contributed by atoms with Gasteiger partial charge < -0.3 is 9.62 Å². The van der Waals surface area contributed by atoms with Gasteiger partial charge in [0, 0.05) is 29.3 Å². The van der Waals surface area contributed by atoms with Crippen LogP contribution < -0.4 is 4.73 Å². The maximum absolute atomic E-state index is 11.8. The molecule has 0 aliphatic carbocycles. The van der Waals surface area contributed by atoms with Gasteiger partial charge in [0.2, 0.25) is 0 Å². The molecule has 3 aromatic heterocycles. The van der Waals surface area contributed by atoms with Gasteiger partial charge in [0.15, 0.2) is 16.8 Å². The number of fused-ring (bicyclic) bond motifs is 3. The number of hydrogen-bond donors (Lipinski definition) is 0. The van der Waals surface area contributed by atoms with Gasteiger partial charge in [0.25, 0.3) is 5.03 Å². The van der Waals surface area contributed by atoms with Crippen molar-refractivity contribution in [2.24, 2.45) is 0 Å². The van der Waals surface area contributed by atoms with Crippen molar-refractivity contribution < 1.29 is 9.15 Å². The molecule has 0 fully saturated rings. The first-order chi connectivity index (χ1) is 10.3. The lowest BCUT2D eigenvalue weighted by atomic mass is 10.2. The molecule has 0 saturated heterocycles. The number of rotatable bonds is 2. The van der Waals surface area contributed by atoms with Crippen LogP contribution in [-0.4, -0.2) is 9.97 Å². The van der Waals surface area contributed by atoms with Gasteiger partial charge in [0.1, 0.15) is 17.4 Å². The standard InChI is InChI=1S/C15H9N3O2S/c19-18-8-4-3-7-12(18)21-15-14-13(16-9-17-15)10-5-1-2-6-11(10)20-14/h1-9H. The van der Waals surface area contributed by atoms with E-state index in [0.717, 1.165) is 21.2 Å². The van der Waals surface area contributed by atoms with Crippen LogP contribution in [0.2, 0.25) is 0 Å². The van der Waals surface area contributed by atoms with Crippen LogP contribution >= 0.6 is 11.8 Å². The minimum atomic E-state index is 0.540. The third kappa shape index (κ3) is 2.00. The monoisotopic (exact) mass is 295 g/mol. The van der Waals surface area contributed by atoms with Crippen LogP contribution in [0.4, 0.5) is 0 Å². The second-order valence-electron chi connectivity index (χ2n) is 4.42. The largest absolute Gasteiger partial charge is 0.618 e. The predicted octanol–water partition coefficient (Wildman–Crippen LogP) is 3.16. The molecule has 0 N–H and O–H groups in total. The molecular formula is C15H9N3O2S.